The van der Waals surface area contributed by atoms with Gasteiger partial charge in [-0.1, -0.05) is 109 Å². The maximum absolute atomic E-state index is 9.09. The number of nitrogens with one attached hydrogen (secondary N) is 1. The average molecular weight is 558 g/mol. The molecule has 0 atom stereocenters. The van der Waals surface area contributed by atoms with Crippen LogP contribution in [-0.4, -0.2) is 17.9 Å². The lowest BCUT2D eigenvalue weighted by Crippen LogP contribution is -2.05. The number of para-hydroxylation sites is 1. The summed E-state index contributed by atoms with van der Waals surface area (Å²) in [6.45, 7) is 0. The summed E-state index contributed by atoms with van der Waals surface area (Å²) in [4.78, 5) is 9.74. The molecule has 0 aliphatic heterocycles. The van der Waals surface area contributed by atoms with Crippen LogP contribution in [0.25, 0.3) is 52.9 Å². The van der Waals surface area contributed by atoms with Gasteiger partial charge in [0.1, 0.15) is 11.2 Å². The van der Waals surface area contributed by atoms with Gasteiger partial charge in [0.2, 0.25) is 0 Å². The van der Waals surface area contributed by atoms with Crippen LogP contribution in [0.15, 0.2) is 142 Å². The highest BCUT2D eigenvalue weighted by atomic mass is 32.1. The van der Waals surface area contributed by atoms with E-state index in [1.807, 2.05) is 90.3 Å². The molecule has 6 aromatic carbocycles. The van der Waals surface area contributed by atoms with Crippen LogP contribution in [0.4, 0.5) is 0 Å². The zero-order valence-electron chi connectivity index (χ0n) is 22.4. The molecule has 0 aliphatic rings. The summed E-state index contributed by atoms with van der Waals surface area (Å²) in [5, 5.41) is 15.8. The van der Waals surface area contributed by atoms with Gasteiger partial charge in [-0.15, -0.1) is 11.3 Å². The molecule has 0 fully saturated rings. The summed E-state index contributed by atoms with van der Waals surface area (Å²) in [6, 6.07) is 42.8. The minimum absolute atomic E-state index is 0.132. The largest absolute Gasteiger partial charge is 0.456 e. The first-order chi connectivity index (χ1) is 20.7. The van der Waals surface area contributed by atoms with Crippen LogP contribution in [0.2, 0.25) is 0 Å². The van der Waals surface area contributed by atoms with Crippen molar-refractivity contribution in [2.75, 3.05) is 0 Å². The Bertz CT molecular complexity index is 2380. The number of hydrogen-bond acceptors (Lipinski definition) is 3. The van der Waals surface area contributed by atoms with Gasteiger partial charge in [-0.2, -0.15) is 0 Å². The lowest BCUT2D eigenvalue weighted by atomic mass is 10.0. The topological polar surface area (TPSA) is 61.7 Å². The Hall–Kier alpha value is -5.39. The molecule has 5 heteroatoms. The highest BCUT2D eigenvalue weighted by molar-refractivity contribution is 7.26. The molecule has 0 bridgehead atoms. The van der Waals surface area contributed by atoms with Crippen LogP contribution in [-0.2, 0) is 0 Å². The van der Waals surface area contributed by atoms with Crippen molar-refractivity contribution in [2.24, 2.45) is 9.98 Å². The Labute approximate surface area is 245 Å². The molecule has 2 heterocycles. The van der Waals surface area contributed by atoms with Gasteiger partial charge in [-0.25, -0.2) is 9.98 Å². The van der Waals surface area contributed by atoms with Gasteiger partial charge < -0.3 is 4.42 Å². The zero-order valence-corrected chi connectivity index (χ0v) is 23.2. The maximum Gasteiger partial charge on any atom is 0.161 e. The number of hydrogen-bond donors (Lipinski definition) is 1. The van der Waals surface area contributed by atoms with Gasteiger partial charge >= 0.3 is 0 Å². The third-order valence-electron chi connectivity index (χ3n) is 7.65. The van der Waals surface area contributed by atoms with Crippen LogP contribution in [0.5, 0.6) is 0 Å². The monoisotopic (exact) mass is 557 g/mol. The van der Waals surface area contributed by atoms with Crippen molar-refractivity contribution in [1.82, 2.24) is 0 Å². The van der Waals surface area contributed by atoms with Crippen LogP contribution in [0, 0.1) is 5.41 Å². The smallest absolute Gasteiger partial charge is 0.161 e. The van der Waals surface area contributed by atoms with Crippen molar-refractivity contribution in [2.45, 2.75) is 0 Å². The van der Waals surface area contributed by atoms with Crippen molar-refractivity contribution < 1.29 is 4.42 Å². The number of thiophene rings is 1. The first kappa shape index (κ1) is 24.4. The lowest BCUT2D eigenvalue weighted by Gasteiger charge is -2.06. The van der Waals surface area contributed by atoms with E-state index in [0.29, 0.717) is 11.4 Å². The summed E-state index contributed by atoms with van der Waals surface area (Å²) < 4.78 is 8.58. The number of rotatable bonds is 3. The second-order valence-corrected chi connectivity index (χ2v) is 11.2. The third-order valence-corrected chi connectivity index (χ3v) is 8.86. The summed E-state index contributed by atoms with van der Waals surface area (Å²) in [5.74, 6) is 0.610. The first-order valence-electron chi connectivity index (χ1n) is 13.7. The fourth-order valence-corrected chi connectivity index (χ4v) is 6.99. The van der Waals surface area contributed by atoms with E-state index in [0.717, 1.165) is 33.1 Å². The van der Waals surface area contributed by atoms with E-state index < -0.39 is 0 Å². The van der Waals surface area contributed by atoms with Crippen LogP contribution in [0.1, 0.15) is 16.7 Å². The lowest BCUT2D eigenvalue weighted by molar-refractivity contribution is 0.669. The van der Waals surface area contributed by atoms with Crippen molar-refractivity contribution >= 4 is 82.1 Å². The van der Waals surface area contributed by atoms with Crippen LogP contribution in [0.3, 0.4) is 0 Å². The Morgan fingerprint density at radius 2 is 1.40 bits per heavy atom. The Morgan fingerprint density at radius 3 is 2.31 bits per heavy atom. The minimum Gasteiger partial charge on any atom is -0.456 e. The summed E-state index contributed by atoms with van der Waals surface area (Å²) in [5.41, 5.74) is 4.10. The molecule has 0 saturated carbocycles. The van der Waals surface area contributed by atoms with E-state index in [4.69, 9.17) is 19.8 Å². The molecule has 4 nitrogen and oxygen atoms in total. The Kier molecular flexibility index (Phi) is 5.76. The molecule has 0 unspecified atom stereocenters. The molecule has 2 aromatic heterocycles. The molecule has 0 aliphatic carbocycles. The van der Waals surface area contributed by atoms with Gasteiger partial charge in [0.05, 0.1) is 0 Å². The van der Waals surface area contributed by atoms with Crippen molar-refractivity contribution in [3.63, 3.8) is 0 Å². The molecule has 0 saturated heterocycles. The molecule has 0 amide bonds. The molecular formula is C37H23N3OS. The average Bonchev–Trinajstić information content (AvgIpc) is 3.62. The normalized spacial score (nSPS) is 12.4. The number of fused-ring (bicyclic) bond motifs is 8. The van der Waals surface area contributed by atoms with E-state index in [1.54, 1.807) is 0 Å². The molecule has 198 valence electrons. The third kappa shape index (κ3) is 4.02. The first-order valence-corrected chi connectivity index (χ1v) is 14.6. The fourth-order valence-electron chi connectivity index (χ4n) is 5.71. The molecular weight excluding hydrogens is 534 g/mol. The van der Waals surface area contributed by atoms with E-state index in [-0.39, 0.29) is 5.84 Å². The van der Waals surface area contributed by atoms with E-state index in [2.05, 4.69) is 54.6 Å². The van der Waals surface area contributed by atoms with Gasteiger partial charge in [0.25, 0.3) is 0 Å². The predicted octanol–water partition coefficient (Wildman–Crippen LogP) is 10.00. The molecule has 8 aromatic rings. The number of amidine groups is 2. The van der Waals surface area contributed by atoms with E-state index >= 15 is 0 Å². The van der Waals surface area contributed by atoms with Gasteiger partial charge in [0, 0.05) is 59.2 Å². The highest BCUT2D eigenvalue weighted by Crippen LogP contribution is 2.39. The fraction of sp³-hybridized carbons (Fsp3) is 0. The number of furan rings is 1. The predicted molar refractivity (Wildman–Crippen MR) is 178 cm³/mol. The van der Waals surface area contributed by atoms with Crippen molar-refractivity contribution in [1.29, 1.82) is 5.41 Å². The molecule has 42 heavy (non-hydrogen) atoms. The van der Waals surface area contributed by atoms with Crippen molar-refractivity contribution in [3.8, 4) is 0 Å². The maximum atomic E-state index is 9.09. The van der Waals surface area contributed by atoms with Gasteiger partial charge in [-0.3, -0.25) is 5.41 Å². The zero-order chi connectivity index (χ0) is 28.0. The molecule has 8 rings (SSSR count). The summed E-state index contributed by atoms with van der Waals surface area (Å²) in [7, 11) is 0. The molecule has 0 spiro atoms. The van der Waals surface area contributed by atoms with E-state index in [9.17, 15) is 0 Å². The van der Waals surface area contributed by atoms with E-state index in [1.165, 1.54) is 30.9 Å². The molecule has 0 radical (unpaired) electrons. The highest BCUT2D eigenvalue weighted by Gasteiger charge is 2.15. The summed E-state index contributed by atoms with van der Waals surface area (Å²) in [6.07, 6.45) is 1.89. The quantitative estimate of drug-likeness (QED) is 0.170. The number of nitrogens with zero attached hydrogens (tertiary/aromatic N) is 2. The van der Waals surface area contributed by atoms with Crippen molar-refractivity contribution in [3.05, 3.63) is 144 Å². The second kappa shape index (κ2) is 9.91. The number of benzene rings is 6. The molecule has 1 N–H and O–H groups in total. The second-order valence-electron chi connectivity index (χ2n) is 10.2. The number of aliphatic imine (C=N–C) groups is 2. The SMILES string of the molecule is N=C(N=C(N=Cc1cccc2ccc3c4ccccc4sc3c12)c1ccccc1)c1cccc2oc3ccccc3c12. The van der Waals surface area contributed by atoms with Crippen LogP contribution < -0.4 is 0 Å². The van der Waals surface area contributed by atoms with Gasteiger partial charge in [-0.05, 0) is 23.6 Å². The standard InChI is InChI=1S/C37H23N3OS/c38-36(29-16-9-18-31-34(29)28-15-4-6-17-30(28)41-31)40-37(24-10-2-1-3-11-24)39-22-25-13-8-12-23-20-21-27-26-14-5-7-19-32(26)42-35(27)33(23)25/h1-22,38H. The minimum atomic E-state index is 0.132. The Balaban J connectivity index is 1.28. The summed E-state index contributed by atoms with van der Waals surface area (Å²) >= 11 is 1.81. The van der Waals surface area contributed by atoms with Gasteiger partial charge in [0.15, 0.2) is 11.7 Å². The van der Waals surface area contributed by atoms with Crippen LogP contribution >= 0.6 is 11.3 Å². The Morgan fingerprint density at radius 1 is 0.643 bits per heavy atom.